The molecule has 9 nitrogen and oxygen atoms in total. The monoisotopic (exact) mass is 516 g/mol. The van der Waals surface area contributed by atoms with E-state index in [0.717, 1.165) is 42.4 Å². The second kappa shape index (κ2) is 14.3. The molecule has 0 bridgehead atoms. The van der Waals surface area contributed by atoms with Gasteiger partial charge in [-0.1, -0.05) is 19.9 Å². The second-order valence-corrected chi connectivity index (χ2v) is 9.28. The molecule has 1 aliphatic rings. The molecule has 37 heavy (non-hydrogen) atoms. The third-order valence-electron chi connectivity index (χ3n) is 6.08. The van der Waals surface area contributed by atoms with Crippen molar-refractivity contribution < 1.29 is 33.6 Å². The quantitative estimate of drug-likeness (QED) is 0.437. The van der Waals surface area contributed by atoms with Gasteiger partial charge >= 0.3 is 5.97 Å². The van der Waals surface area contributed by atoms with Gasteiger partial charge in [0.1, 0.15) is 6.04 Å². The van der Waals surface area contributed by atoms with Gasteiger partial charge in [0.15, 0.2) is 23.0 Å². The van der Waals surface area contributed by atoms with Crippen LogP contribution in [0, 0.1) is 5.92 Å². The summed E-state index contributed by atoms with van der Waals surface area (Å²) in [6.45, 7) is 6.09. The van der Waals surface area contributed by atoms with Crippen molar-refractivity contribution in [1.29, 1.82) is 0 Å². The van der Waals surface area contributed by atoms with Gasteiger partial charge in [-0.2, -0.15) is 0 Å². The SMILES string of the molecule is CC(=O)N[C@@H](CC(C)C)C(=O)O.COc1ccc(C[C@H]2NCCc3cc(OC)c(OC)cc32)cc1OC. The third-order valence-corrected chi connectivity index (χ3v) is 6.08. The first-order chi connectivity index (χ1) is 17.6. The molecule has 0 fully saturated rings. The normalized spacial score (nSPS) is 15.0. The zero-order chi connectivity index (χ0) is 27.5. The van der Waals surface area contributed by atoms with Gasteiger partial charge in [-0.3, -0.25) is 4.79 Å². The summed E-state index contributed by atoms with van der Waals surface area (Å²) in [5.74, 6) is 2.04. The first-order valence-corrected chi connectivity index (χ1v) is 12.3. The lowest BCUT2D eigenvalue weighted by molar-refractivity contribution is -0.142. The van der Waals surface area contributed by atoms with Gasteiger partial charge in [-0.25, -0.2) is 4.79 Å². The molecule has 2 aromatic carbocycles. The van der Waals surface area contributed by atoms with Gasteiger partial charge in [0.2, 0.25) is 5.91 Å². The standard InChI is InChI=1S/C20H25NO4.C8H15NO3/c1-22-17-6-5-13(10-18(17)23-2)9-16-15-12-20(25-4)19(24-3)11-14(15)7-8-21-16;1-5(2)4-7(8(11)12)9-6(3)10/h5-6,10-12,16,21H,7-9H2,1-4H3;5,7H,4H2,1-3H3,(H,9,10)(H,11,12)/t16-;7-/m10/s1. The molecule has 1 aliphatic heterocycles. The molecule has 0 saturated heterocycles. The number of fused-ring (bicyclic) bond motifs is 1. The molecule has 3 rings (SSSR count). The highest BCUT2D eigenvalue weighted by atomic mass is 16.5. The Hall–Kier alpha value is -3.46. The van der Waals surface area contributed by atoms with Crippen LogP contribution < -0.4 is 29.6 Å². The fourth-order valence-electron chi connectivity index (χ4n) is 4.33. The maximum absolute atomic E-state index is 10.6. The number of aliphatic carboxylic acids is 1. The Bertz CT molecular complexity index is 1060. The van der Waals surface area contributed by atoms with E-state index in [1.165, 1.54) is 23.6 Å². The second-order valence-electron chi connectivity index (χ2n) is 9.28. The molecule has 0 radical (unpaired) electrons. The van der Waals surface area contributed by atoms with Gasteiger partial charge in [0.25, 0.3) is 0 Å². The number of methoxy groups -OCH3 is 4. The number of rotatable bonds is 10. The van der Waals surface area contributed by atoms with E-state index in [1.54, 1.807) is 28.4 Å². The van der Waals surface area contributed by atoms with Crippen LogP contribution in [-0.4, -0.2) is 58.0 Å². The van der Waals surface area contributed by atoms with Crippen molar-refractivity contribution in [3.8, 4) is 23.0 Å². The molecule has 1 amide bonds. The van der Waals surface area contributed by atoms with Gasteiger partial charge in [-0.15, -0.1) is 0 Å². The molecular weight excluding hydrogens is 476 g/mol. The van der Waals surface area contributed by atoms with Crippen molar-refractivity contribution in [2.45, 2.75) is 52.1 Å². The van der Waals surface area contributed by atoms with Gasteiger partial charge in [-0.05, 0) is 72.7 Å². The fraction of sp³-hybridized carbons (Fsp3) is 0.500. The van der Waals surface area contributed by atoms with Crippen LogP contribution >= 0.6 is 0 Å². The van der Waals surface area contributed by atoms with E-state index < -0.39 is 12.0 Å². The van der Waals surface area contributed by atoms with Crippen LogP contribution in [-0.2, 0) is 22.4 Å². The summed E-state index contributed by atoms with van der Waals surface area (Å²) in [5.41, 5.74) is 3.76. The van der Waals surface area contributed by atoms with Crippen molar-refractivity contribution in [1.82, 2.24) is 10.6 Å². The van der Waals surface area contributed by atoms with Crippen LogP contribution in [0.3, 0.4) is 0 Å². The number of carbonyl (C=O) groups is 2. The lowest BCUT2D eigenvalue weighted by Gasteiger charge is -2.28. The Morgan fingerprint density at radius 2 is 1.57 bits per heavy atom. The number of nitrogens with one attached hydrogen (secondary N) is 2. The van der Waals surface area contributed by atoms with Crippen LogP contribution in [0.4, 0.5) is 0 Å². The molecule has 0 aromatic heterocycles. The highest BCUT2D eigenvalue weighted by Gasteiger charge is 2.23. The van der Waals surface area contributed by atoms with Crippen molar-refractivity contribution >= 4 is 11.9 Å². The minimum atomic E-state index is -0.973. The summed E-state index contributed by atoms with van der Waals surface area (Å²) in [7, 11) is 6.65. The van der Waals surface area contributed by atoms with E-state index >= 15 is 0 Å². The molecule has 2 atom stereocenters. The lowest BCUT2D eigenvalue weighted by atomic mass is 9.89. The minimum absolute atomic E-state index is 0.224. The van der Waals surface area contributed by atoms with Gasteiger partial charge in [0.05, 0.1) is 28.4 Å². The Morgan fingerprint density at radius 3 is 2.11 bits per heavy atom. The highest BCUT2D eigenvalue weighted by Crippen LogP contribution is 2.37. The third kappa shape index (κ3) is 8.56. The van der Waals surface area contributed by atoms with Gasteiger partial charge < -0.3 is 34.7 Å². The predicted molar refractivity (Wildman–Crippen MR) is 142 cm³/mol. The highest BCUT2D eigenvalue weighted by molar-refractivity contribution is 5.82. The van der Waals surface area contributed by atoms with E-state index in [4.69, 9.17) is 24.1 Å². The Kier molecular flexibility index (Phi) is 11.5. The fourth-order valence-corrected chi connectivity index (χ4v) is 4.33. The van der Waals surface area contributed by atoms with E-state index in [0.29, 0.717) is 6.42 Å². The number of carboxylic acids is 1. The molecule has 0 saturated carbocycles. The molecule has 3 N–H and O–H groups in total. The zero-order valence-electron chi connectivity index (χ0n) is 22.8. The molecule has 1 heterocycles. The average Bonchev–Trinajstić information content (AvgIpc) is 2.87. The smallest absolute Gasteiger partial charge is 0.326 e. The summed E-state index contributed by atoms with van der Waals surface area (Å²) in [6, 6.07) is 9.73. The summed E-state index contributed by atoms with van der Waals surface area (Å²) in [6.07, 6.45) is 2.32. The van der Waals surface area contributed by atoms with Crippen molar-refractivity contribution in [3.05, 3.63) is 47.0 Å². The van der Waals surface area contributed by atoms with Crippen LogP contribution in [0.25, 0.3) is 0 Å². The molecule has 0 unspecified atom stereocenters. The van der Waals surface area contributed by atoms with Crippen molar-refractivity contribution in [3.63, 3.8) is 0 Å². The topological polar surface area (TPSA) is 115 Å². The van der Waals surface area contributed by atoms with Crippen molar-refractivity contribution in [2.75, 3.05) is 35.0 Å². The largest absolute Gasteiger partial charge is 0.493 e. The maximum atomic E-state index is 10.6. The van der Waals surface area contributed by atoms with Crippen LogP contribution in [0.5, 0.6) is 23.0 Å². The van der Waals surface area contributed by atoms with E-state index in [1.807, 2.05) is 26.0 Å². The summed E-state index contributed by atoms with van der Waals surface area (Å²) in [4.78, 5) is 21.1. The molecule has 0 aliphatic carbocycles. The summed E-state index contributed by atoms with van der Waals surface area (Å²) >= 11 is 0. The molecule has 9 heteroatoms. The van der Waals surface area contributed by atoms with Gasteiger partial charge in [0, 0.05) is 13.0 Å². The molecule has 2 aromatic rings. The van der Waals surface area contributed by atoms with E-state index in [9.17, 15) is 9.59 Å². The summed E-state index contributed by atoms with van der Waals surface area (Å²) in [5, 5.41) is 14.6. The molecule has 204 valence electrons. The molecular formula is C28H40N2O7. The number of amides is 1. The van der Waals surface area contributed by atoms with Crippen LogP contribution in [0.2, 0.25) is 0 Å². The number of ether oxygens (including phenoxy) is 4. The number of hydrogen-bond donors (Lipinski definition) is 3. The Balaban J connectivity index is 0.000000341. The molecule has 0 spiro atoms. The predicted octanol–water partition coefficient (Wildman–Crippen LogP) is 3.77. The average molecular weight is 517 g/mol. The number of benzene rings is 2. The minimum Gasteiger partial charge on any atom is -0.493 e. The van der Waals surface area contributed by atoms with E-state index in [-0.39, 0.29) is 17.9 Å². The number of carboxylic acid groups (broad SMARTS) is 1. The van der Waals surface area contributed by atoms with Crippen LogP contribution in [0.1, 0.15) is 49.9 Å². The first kappa shape index (κ1) is 29.8. The number of carbonyl (C=O) groups excluding carboxylic acids is 1. The zero-order valence-corrected chi connectivity index (χ0v) is 22.8. The Labute approximate surface area is 219 Å². The Morgan fingerprint density at radius 1 is 0.973 bits per heavy atom. The van der Waals surface area contributed by atoms with Crippen molar-refractivity contribution in [2.24, 2.45) is 5.92 Å². The first-order valence-electron chi connectivity index (χ1n) is 12.3. The van der Waals surface area contributed by atoms with E-state index in [2.05, 4.69) is 28.8 Å². The van der Waals surface area contributed by atoms with Crippen LogP contribution in [0.15, 0.2) is 30.3 Å². The maximum Gasteiger partial charge on any atom is 0.326 e. The summed E-state index contributed by atoms with van der Waals surface area (Å²) < 4.78 is 21.7. The number of hydrogen-bond acceptors (Lipinski definition) is 7. The lowest BCUT2D eigenvalue weighted by Crippen LogP contribution is -2.40.